The molecule has 0 aliphatic rings. The van der Waals surface area contributed by atoms with E-state index in [9.17, 15) is 19.5 Å². The van der Waals surface area contributed by atoms with Gasteiger partial charge in [-0.3, -0.25) is 9.59 Å². The molecule has 8 nitrogen and oxygen atoms in total. The molecule has 0 saturated heterocycles. The number of hydrogen-bond donors (Lipinski definition) is 3. The number of amides is 3. The third kappa shape index (κ3) is 8.44. The van der Waals surface area contributed by atoms with Crippen molar-refractivity contribution in [1.82, 2.24) is 15.5 Å². The van der Waals surface area contributed by atoms with Gasteiger partial charge in [0.25, 0.3) is 0 Å². The molecule has 35 heavy (non-hydrogen) atoms. The highest BCUT2D eigenvalue weighted by Gasteiger charge is 2.43. The Morgan fingerprint density at radius 2 is 1.66 bits per heavy atom. The second-order valence-corrected chi connectivity index (χ2v) is 10.9. The number of ether oxygens (including phenoxy) is 1. The van der Waals surface area contributed by atoms with Gasteiger partial charge in [-0.2, -0.15) is 0 Å². The first-order valence-corrected chi connectivity index (χ1v) is 12.5. The number of benzene rings is 1. The second-order valence-electron chi connectivity index (χ2n) is 10.9. The number of aromatic hydroxyl groups is 1. The Balaban J connectivity index is 3.56. The summed E-state index contributed by atoms with van der Waals surface area (Å²) in [7, 11) is 0. The summed E-state index contributed by atoms with van der Waals surface area (Å²) in [4.78, 5) is 41.4. The summed E-state index contributed by atoms with van der Waals surface area (Å²) in [5.41, 5.74) is -0.554. The summed E-state index contributed by atoms with van der Waals surface area (Å²) in [5.74, 6) is -0.869. The van der Waals surface area contributed by atoms with Gasteiger partial charge in [0, 0.05) is 17.1 Å². The van der Waals surface area contributed by atoms with Gasteiger partial charge in [0.2, 0.25) is 11.8 Å². The van der Waals surface area contributed by atoms with Gasteiger partial charge in [0.15, 0.2) is 0 Å². The van der Waals surface area contributed by atoms with Gasteiger partial charge >= 0.3 is 6.09 Å². The van der Waals surface area contributed by atoms with E-state index in [0.717, 1.165) is 12.8 Å². The maximum absolute atomic E-state index is 13.9. The molecule has 0 heterocycles. The second kappa shape index (κ2) is 12.3. The van der Waals surface area contributed by atoms with E-state index in [1.807, 2.05) is 34.6 Å². The van der Waals surface area contributed by atoms with Gasteiger partial charge < -0.3 is 25.4 Å². The molecule has 0 spiro atoms. The fourth-order valence-electron chi connectivity index (χ4n) is 3.83. The third-order valence-electron chi connectivity index (χ3n) is 6.04. The first kappa shape index (κ1) is 30.3. The number of phenolic OH excluding ortho intramolecular Hbond substituents is 1. The zero-order valence-corrected chi connectivity index (χ0v) is 23.1. The molecule has 0 radical (unpaired) electrons. The standard InChI is InChI=1S/C27H45N3O5/c1-11-14-18(4)28-23(32)21(20-16-13-15-17(3)22(20)31)30(27(9,10)12-2)24(33)19(5)29-25(34)35-26(6,7)8/h13,15-16,18-19,21,31H,11-12,14H2,1-10H3,(H,28,32)(H,29,34). The molecular formula is C27H45N3O5. The van der Waals surface area contributed by atoms with Gasteiger partial charge in [-0.25, -0.2) is 4.79 Å². The summed E-state index contributed by atoms with van der Waals surface area (Å²) in [5, 5.41) is 16.5. The van der Waals surface area contributed by atoms with Crippen LogP contribution in [0.3, 0.4) is 0 Å². The van der Waals surface area contributed by atoms with Crippen LogP contribution in [0.2, 0.25) is 0 Å². The molecule has 198 valence electrons. The minimum atomic E-state index is -1.10. The number of alkyl carbamates (subject to hydrolysis) is 1. The highest BCUT2D eigenvalue weighted by atomic mass is 16.6. The Bertz CT molecular complexity index is 891. The Morgan fingerprint density at radius 3 is 2.17 bits per heavy atom. The third-order valence-corrected chi connectivity index (χ3v) is 6.04. The maximum Gasteiger partial charge on any atom is 0.408 e. The first-order chi connectivity index (χ1) is 16.1. The number of hydrogen-bond acceptors (Lipinski definition) is 5. The van der Waals surface area contributed by atoms with Crippen LogP contribution in [0.15, 0.2) is 18.2 Å². The molecule has 1 aromatic rings. The summed E-state index contributed by atoms with van der Waals surface area (Å²) in [6.45, 7) is 18.1. The fourth-order valence-corrected chi connectivity index (χ4v) is 3.83. The predicted molar refractivity (Wildman–Crippen MR) is 138 cm³/mol. The maximum atomic E-state index is 13.9. The minimum Gasteiger partial charge on any atom is -0.507 e. The quantitative estimate of drug-likeness (QED) is 0.428. The van der Waals surface area contributed by atoms with Crippen molar-refractivity contribution in [1.29, 1.82) is 0 Å². The van der Waals surface area contributed by atoms with E-state index in [2.05, 4.69) is 10.6 Å². The van der Waals surface area contributed by atoms with Crippen molar-refractivity contribution in [3.63, 3.8) is 0 Å². The van der Waals surface area contributed by atoms with Crippen molar-refractivity contribution in [3.05, 3.63) is 29.3 Å². The van der Waals surface area contributed by atoms with Crippen molar-refractivity contribution in [2.45, 2.75) is 118 Å². The molecule has 0 aliphatic carbocycles. The van der Waals surface area contributed by atoms with E-state index in [-0.39, 0.29) is 17.7 Å². The lowest BCUT2D eigenvalue weighted by atomic mass is 9.91. The summed E-state index contributed by atoms with van der Waals surface area (Å²) in [6, 6.07) is 2.99. The Morgan fingerprint density at radius 1 is 1.06 bits per heavy atom. The van der Waals surface area contributed by atoms with Crippen molar-refractivity contribution in [3.8, 4) is 5.75 Å². The van der Waals surface area contributed by atoms with E-state index in [0.29, 0.717) is 17.5 Å². The molecule has 0 aliphatic heterocycles. The molecule has 1 rings (SSSR count). The molecule has 0 bridgehead atoms. The van der Waals surface area contributed by atoms with Crippen LogP contribution in [0.1, 0.15) is 98.7 Å². The molecule has 3 atom stereocenters. The number of phenols is 1. The van der Waals surface area contributed by atoms with E-state index >= 15 is 0 Å². The molecule has 3 amide bonds. The van der Waals surface area contributed by atoms with Crippen LogP contribution < -0.4 is 10.6 Å². The van der Waals surface area contributed by atoms with Crippen LogP contribution in [-0.2, 0) is 14.3 Å². The van der Waals surface area contributed by atoms with E-state index in [4.69, 9.17) is 4.74 Å². The van der Waals surface area contributed by atoms with Crippen molar-refractivity contribution < 1.29 is 24.2 Å². The van der Waals surface area contributed by atoms with Crippen molar-refractivity contribution in [2.75, 3.05) is 0 Å². The summed E-state index contributed by atoms with van der Waals surface area (Å²) in [6.07, 6.45) is 1.49. The molecule has 3 N–H and O–H groups in total. The monoisotopic (exact) mass is 491 g/mol. The zero-order valence-electron chi connectivity index (χ0n) is 23.1. The van der Waals surface area contributed by atoms with Gasteiger partial charge in [0.1, 0.15) is 23.4 Å². The molecular weight excluding hydrogens is 446 g/mol. The van der Waals surface area contributed by atoms with E-state index in [1.165, 1.54) is 4.90 Å². The number of nitrogens with zero attached hydrogens (tertiary/aromatic N) is 1. The highest BCUT2D eigenvalue weighted by Crippen LogP contribution is 2.37. The minimum absolute atomic E-state index is 0.0340. The van der Waals surface area contributed by atoms with Crippen LogP contribution in [0, 0.1) is 6.92 Å². The topological polar surface area (TPSA) is 108 Å². The van der Waals surface area contributed by atoms with Gasteiger partial charge in [-0.15, -0.1) is 0 Å². The van der Waals surface area contributed by atoms with Gasteiger partial charge in [-0.1, -0.05) is 38.5 Å². The number of para-hydroxylation sites is 1. The molecule has 1 aromatic carbocycles. The summed E-state index contributed by atoms with van der Waals surface area (Å²) < 4.78 is 5.32. The molecule has 3 unspecified atom stereocenters. The molecule has 8 heteroatoms. The largest absolute Gasteiger partial charge is 0.507 e. The lowest BCUT2D eigenvalue weighted by Crippen LogP contribution is -2.59. The Kier molecular flexibility index (Phi) is 10.6. The highest BCUT2D eigenvalue weighted by molar-refractivity contribution is 5.93. The van der Waals surface area contributed by atoms with Gasteiger partial charge in [0.05, 0.1) is 0 Å². The van der Waals surface area contributed by atoms with E-state index < -0.39 is 35.2 Å². The van der Waals surface area contributed by atoms with Crippen LogP contribution in [0.4, 0.5) is 4.79 Å². The number of carbonyl (C=O) groups is 3. The lowest BCUT2D eigenvalue weighted by molar-refractivity contribution is -0.149. The smallest absolute Gasteiger partial charge is 0.408 e. The number of nitrogens with one attached hydrogen (secondary N) is 2. The first-order valence-electron chi connectivity index (χ1n) is 12.5. The van der Waals surface area contributed by atoms with Crippen LogP contribution in [-0.4, -0.2) is 51.1 Å². The van der Waals surface area contributed by atoms with Crippen molar-refractivity contribution >= 4 is 17.9 Å². The lowest BCUT2D eigenvalue weighted by Gasteiger charge is -2.44. The van der Waals surface area contributed by atoms with Crippen LogP contribution in [0.25, 0.3) is 0 Å². The fraction of sp³-hybridized carbons (Fsp3) is 0.667. The van der Waals surface area contributed by atoms with E-state index in [1.54, 1.807) is 52.8 Å². The number of rotatable bonds is 10. The molecule has 0 fully saturated rings. The Hall–Kier alpha value is -2.77. The summed E-state index contributed by atoms with van der Waals surface area (Å²) >= 11 is 0. The van der Waals surface area contributed by atoms with Gasteiger partial charge in [-0.05, 0) is 73.8 Å². The number of aryl methyl sites for hydroxylation is 1. The average molecular weight is 492 g/mol. The zero-order chi connectivity index (χ0) is 27.1. The molecule has 0 aromatic heterocycles. The number of carbonyl (C=O) groups excluding carboxylic acids is 3. The normalized spacial score (nSPS) is 14.5. The van der Waals surface area contributed by atoms with Crippen molar-refractivity contribution in [2.24, 2.45) is 0 Å². The molecule has 0 saturated carbocycles. The van der Waals surface area contributed by atoms with Crippen LogP contribution >= 0.6 is 0 Å². The average Bonchev–Trinajstić information content (AvgIpc) is 2.72. The SMILES string of the molecule is CCCC(C)NC(=O)C(c1cccc(C)c1O)N(C(=O)C(C)NC(=O)OC(C)(C)C)C(C)(C)CC. The predicted octanol–water partition coefficient (Wildman–Crippen LogP) is 4.98. The van der Waals surface area contributed by atoms with Crippen LogP contribution in [0.5, 0.6) is 5.75 Å². The Labute approximate surface area is 210 Å².